The second-order valence-corrected chi connectivity index (χ2v) is 9.61. The van der Waals surface area contributed by atoms with E-state index in [1.807, 2.05) is 0 Å². The molecule has 0 atom stereocenters. The van der Waals surface area contributed by atoms with Crippen molar-refractivity contribution in [1.29, 1.82) is 0 Å². The molecule has 1 N–H and O–H groups in total. The predicted molar refractivity (Wildman–Crippen MR) is 111 cm³/mol. The van der Waals surface area contributed by atoms with Crippen molar-refractivity contribution in [1.82, 2.24) is 19.4 Å². The van der Waals surface area contributed by atoms with Crippen molar-refractivity contribution < 1.29 is 27.2 Å². The van der Waals surface area contributed by atoms with Gasteiger partial charge in [0.2, 0.25) is 27.7 Å². The van der Waals surface area contributed by atoms with E-state index in [9.17, 15) is 22.8 Å². The van der Waals surface area contributed by atoms with Gasteiger partial charge in [-0.2, -0.15) is 4.31 Å². The molecule has 2 aliphatic rings. The van der Waals surface area contributed by atoms with Crippen molar-refractivity contribution in [3.05, 3.63) is 35.7 Å². The van der Waals surface area contributed by atoms with Crippen LogP contribution in [-0.2, 0) is 26.2 Å². The minimum Gasteiger partial charge on any atom is -0.406 e. The van der Waals surface area contributed by atoms with Gasteiger partial charge in [0.05, 0.1) is 4.90 Å². The monoisotopic (exact) mass is 461 g/mol. The van der Waals surface area contributed by atoms with E-state index in [4.69, 9.17) is 4.42 Å². The van der Waals surface area contributed by atoms with Crippen molar-refractivity contribution in [3.8, 4) is 0 Å². The van der Waals surface area contributed by atoms with Crippen LogP contribution in [0.25, 0.3) is 0 Å². The van der Waals surface area contributed by atoms with Crippen LogP contribution in [0.3, 0.4) is 0 Å². The molecule has 0 radical (unpaired) electrons. The van der Waals surface area contributed by atoms with E-state index in [2.05, 4.69) is 15.5 Å². The summed E-state index contributed by atoms with van der Waals surface area (Å²) in [4.78, 5) is 37.0. The topological polar surface area (TPSA) is 143 Å². The molecule has 3 amide bonds. The predicted octanol–water partition coefficient (Wildman–Crippen LogP) is 1.54. The Labute approximate surface area is 184 Å². The molecule has 3 heterocycles. The molecule has 0 saturated carbocycles. The third kappa shape index (κ3) is 4.70. The van der Waals surface area contributed by atoms with E-state index in [1.165, 1.54) is 28.6 Å². The number of benzene rings is 1. The standard InChI is InChI=1S/C20H23N5O6S/c26-17-9-10-18(27)25(17)13-16-22-23-20(31-16)21-19(28)14-5-7-15(8-6-14)32(29,30)24-11-3-1-2-4-12-24/h5-8H,1-4,9-13H2,(H,21,23,28). The van der Waals surface area contributed by atoms with Crippen molar-refractivity contribution >= 4 is 33.8 Å². The van der Waals surface area contributed by atoms with Gasteiger partial charge < -0.3 is 4.42 Å². The molecule has 2 aliphatic heterocycles. The second-order valence-electron chi connectivity index (χ2n) is 7.67. The van der Waals surface area contributed by atoms with Gasteiger partial charge in [-0.15, -0.1) is 5.10 Å². The largest absolute Gasteiger partial charge is 0.406 e. The van der Waals surface area contributed by atoms with E-state index in [0.717, 1.165) is 30.6 Å². The van der Waals surface area contributed by atoms with Gasteiger partial charge in [0.1, 0.15) is 6.54 Å². The molecule has 170 valence electrons. The van der Waals surface area contributed by atoms with Gasteiger partial charge >= 0.3 is 6.01 Å². The summed E-state index contributed by atoms with van der Waals surface area (Å²) < 4.78 is 32.5. The number of amides is 3. The first-order chi connectivity index (χ1) is 15.3. The number of hydrogen-bond acceptors (Lipinski definition) is 8. The summed E-state index contributed by atoms with van der Waals surface area (Å²) in [6.45, 7) is 0.848. The molecule has 1 aromatic carbocycles. The number of aromatic nitrogens is 2. The van der Waals surface area contributed by atoms with Gasteiger partial charge in [0, 0.05) is 31.5 Å². The Hall–Kier alpha value is -3.12. The van der Waals surface area contributed by atoms with Crippen molar-refractivity contribution in [2.75, 3.05) is 18.4 Å². The summed E-state index contributed by atoms with van der Waals surface area (Å²) in [6, 6.07) is 5.45. The zero-order valence-corrected chi connectivity index (χ0v) is 18.1. The Morgan fingerprint density at radius 1 is 0.969 bits per heavy atom. The highest BCUT2D eigenvalue weighted by Crippen LogP contribution is 2.21. The maximum absolute atomic E-state index is 12.8. The van der Waals surface area contributed by atoms with Gasteiger partial charge in [-0.25, -0.2) is 8.42 Å². The molecule has 0 bridgehead atoms. The summed E-state index contributed by atoms with van der Waals surface area (Å²) in [5.74, 6) is -1.17. The fraction of sp³-hybridized carbons (Fsp3) is 0.450. The van der Waals surface area contributed by atoms with Gasteiger partial charge in [0.15, 0.2) is 0 Å². The number of likely N-dealkylation sites (tertiary alicyclic amines) is 1. The number of rotatable bonds is 6. The van der Waals surface area contributed by atoms with Crippen molar-refractivity contribution in [2.45, 2.75) is 50.0 Å². The van der Waals surface area contributed by atoms with E-state index in [-0.39, 0.29) is 53.6 Å². The number of sulfonamides is 1. The Morgan fingerprint density at radius 2 is 1.59 bits per heavy atom. The zero-order chi connectivity index (χ0) is 22.7. The highest BCUT2D eigenvalue weighted by molar-refractivity contribution is 7.89. The Bertz CT molecular complexity index is 1100. The molecule has 11 nitrogen and oxygen atoms in total. The zero-order valence-electron chi connectivity index (χ0n) is 17.3. The first-order valence-corrected chi connectivity index (χ1v) is 11.9. The van der Waals surface area contributed by atoms with Crippen LogP contribution in [0, 0.1) is 0 Å². The number of hydrogen-bond donors (Lipinski definition) is 1. The van der Waals surface area contributed by atoms with E-state index >= 15 is 0 Å². The molecule has 0 spiro atoms. The molecule has 0 unspecified atom stereocenters. The average Bonchev–Trinajstić information content (AvgIpc) is 3.22. The highest BCUT2D eigenvalue weighted by atomic mass is 32.2. The molecule has 2 fully saturated rings. The van der Waals surface area contributed by atoms with Crippen LogP contribution < -0.4 is 5.32 Å². The van der Waals surface area contributed by atoms with E-state index in [0.29, 0.717) is 13.1 Å². The van der Waals surface area contributed by atoms with Crippen LogP contribution in [0.1, 0.15) is 54.8 Å². The van der Waals surface area contributed by atoms with E-state index < -0.39 is 15.9 Å². The first-order valence-electron chi connectivity index (χ1n) is 10.4. The summed E-state index contributed by atoms with van der Waals surface area (Å²) in [5.41, 5.74) is 0.212. The lowest BCUT2D eigenvalue weighted by atomic mass is 10.2. The van der Waals surface area contributed by atoms with Gasteiger partial charge in [0.25, 0.3) is 5.91 Å². The summed E-state index contributed by atoms with van der Waals surface area (Å²) in [6.07, 6.45) is 4.03. The third-order valence-electron chi connectivity index (χ3n) is 5.45. The van der Waals surface area contributed by atoms with Crippen LogP contribution >= 0.6 is 0 Å². The molecule has 12 heteroatoms. The van der Waals surface area contributed by atoms with E-state index in [1.54, 1.807) is 0 Å². The van der Waals surface area contributed by atoms with Crippen molar-refractivity contribution in [3.63, 3.8) is 0 Å². The Balaban J connectivity index is 1.39. The molecule has 2 saturated heterocycles. The fourth-order valence-electron chi connectivity index (χ4n) is 3.68. The maximum atomic E-state index is 12.8. The average molecular weight is 462 g/mol. The molecular formula is C20H23N5O6S. The molecule has 2 aromatic rings. The Kier molecular flexibility index (Phi) is 6.33. The number of anilines is 1. The van der Waals surface area contributed by atoms with Crippen LogP contribution in [-0.4, -0.2) is 58.6 Å². The SMILES string of the molecule is O=C(Nc1nnc(CN2C(=O)CCC2=O)o1)c1ccc(S(=O)(=O)N2CCCCCC2)cc1. The lowest BCUT2D eigenvalue weighted by Gasteiger charge is -2.19. The van der Waals surface area contributed by atoms with Gasteiger partial charge in [-0.3, -0.25) is 24.6 Å². The number of imide groups is 1. The van der Waals surface area contributed by atoms with Crippen LogP contribution in [0.4, 0.5) is 6.01 Å². The molecule has 4 rings (SSSR count). The minimum absolute atomic E-state index is 0.0165. The summed E-state index contributed by atoms with van der Waals surface area (Å²) >= 11 is 0. The molecular weight excluding hydrogens is 438 g/mol. The number of carbonyl (C=O) groups is 3. The lowest BCUT2D eigenvalue weighted by molar-refractivity contribution is -0.139. The molecule has 1 aromatic heterocycles. The van der Waals surface area contributed by atoms with Crippen molar-refractivity contribution in [2.24, 2.45) is 0 Å². The van der Waals surface area contributed by atoms with Gasteiger partial charge in [-0.05, 0) is 37.1 Å². The first kappa shape index (κ1) is 22.1. The van der Waals surface area contributed by atoms with Gasteiger partial charge in [-0.1, -0.05) is 17.9 Å². The van der Waals surface area contributed by atoms with Crippen LogP contribution in [0.2, 0.25) is 0 Å². The molecule has 0 aliphatic carbocycles. The highest BCUT2D eigenvalue weighted by Gasteiger charge is 2.30. The minimum atomic E-state index is -3.60. The summed E-state index contributed by atoms with van der Waals surface area (Å²) in [7, 11) is -3.60. The third-order valence-corrected chi connectivity index (χ3v) is 7.37. The quantitative estimate of drug-likeness (QED) is 0.638. The second kappa shape index (κ2) is 9.17. The smallest absolute Gasteiger partial charge is 0.322 e. The van der Waals surface area contributed by atoms with Crippen LogP contribution in [0.15, 0.2) is 33.6 Å². The normalized spacial score (nSPS) is 18.1. The summed E-state index contributed by atoms with van der Waals surface area (Å²) in [5, 5.41) is 9.87. The molecule has 32 heavy (non-hydrogen) atoms. The lowest BCUT2D eigenvalue weighted by Crippen LogP contribution is -2.31. The Morgan fingerprint density at radius 3 is 2.22 bits per heavy atom. The fourth-order valence-corrected chi connectivity index (χ4v) is 5.20. The maximum Gasteiger partial charge on any atom is 0.322 e. The number of nitrogens with zero attached hydrogens (tertiary/aromatic N) is 4. The number of carbonyl (C=O) groups excluding carboxylic acids is 3. The van der Waals surface area contributed by atoms with Crippen LogP contribution in [0.5, 0.6) is 0 Å². The number of nitrogens with one attached hydrogen (secondary N) is 1.